The van der Waals surface area contributed by atoms with E-state index in [2.05, 4.69) is 41.2 Å². The average molecular weight is 285 g/mol. The molecule has 0 spiro atoms. The zero-order valence-corrected chi connectivity index (χ0v) is 12.8. The van der Waals surface area contributed by atoms with Gasteiger partial charge in [0, 0.05) is 24.2 Å². The van der Waals surface area contributed by atoms with E-state index in [1.54, 1.807) is 0 Å². The lowest BCUT2D eigenvalue weighted by Crippen LogP contribution is -2.53. The molecule has 2 aromatic rings. The van der Waals surface area contributed by atoms with Crippen LogP contribution in [-0.2, 0) is 0 Å². The van der Waals surface area contributed by atoms with Crippen molar-refractivity contribution in [2.24, 2.45) is 5.92 Å². The van der Waals surface area contributed by atoms with Gasteiger partial charge in [0.2, 0.25) is 0 Å². The van der Waals surface area contributed by atoms with Crippen molar-refractivity contribution in [3.8, 4) is 0 Å². The number of piperidine rings is 3. The number of nitrogens with one attached hydrogen (secondary N) is 1. The molecule has 0 amide bonds. The van der Waals surface area contributed by atoms with E-state index in [0.29, 0.717) is 12.0 Å². The molecule has 2 bridgehead atoms. The molecule has 1 unspecified atom stereocenters. The van der Waals surface area contributed by atoms with E-state index in [0.717, 1.165) is 22.9 Å². The second-order valence-corrected chi connectivity index (χ2v) is 6.78. The minimum absolute atomic E-state index is 0.329. The molecule has 112 valence electrons. The molecule has 1 N–H and O–H groups in total. The van der Waals surface area contributed by atoms with Crippen molar-refractivity contribution in [3.05, 3.63) is 24.1 Å². The van der Waals surface area contributed by atoms with Crippen LogP contribution in [-0.4, -0.2) is 35.6 Å². The molecule has 4 heterocycles. The van der Waals surface area contributed by atoms with Gasteiger partial charge in [0.25, 0.3) is 0 Å². The highest BCUT2D eigenvalue weighted by molar-refractivity contribution is 5.77. The summed E-state index contributed by atoms with van der Waals surface area (Å²) in [5.74, 6) is 1.98. The number of nitrogens with zero attached hydrogens (tertiary/aromatic N) is 2. The molecule has 3 aliphatic heterocycles. The lowest BCUT2D eigenvalue weighted by atomic mass is 9.84. The third-order valence-electron chi connectivity index (χ3n) is 4.91. The van der Waals surface area contributed by atoms with Crippen LogP contribution in [0.2, 0.25) is 0 Å². The Bertz CT molecular complexity index is 641. The van der Waals surface area contributed by atoms with Crippen molar-refractivity contribution in [3.63, 3.8) is 0 Å². The van der Waals surface area contributed by atoms with E-state index in [9.17, 15) is 0 Å². The van der Waals surface area contributed by atoms with E-state index in [4.69, 9.17) is 4.42 Å². The van der Waals surface area contributed by atoms with Crippen LogP contribution in [0.1, 0.15) is 38.5 Å². The second kappa shape index (κ2) is 5.02. The predicted octanol–water partition coefficient (Wildman–Crippen LogP) is 3.46. The molecule has 0 saturated carbocycles. The molecule has 3 fully saturated rings. The Kier molecular flexibility index (Phi) is 3.14. The van der Waals surface area contributed by atoms with E-state index in [1.165, 1.54) is 38.2 Å². The summed E-state index contributed by atoms with van der Waals surface area (Å²) in [6.45, 7) is 7.96. The first-order valence-electron chi connectivity index (χ1n) is 8.08. The van der Waals surface area contributed by atoms with Crippen LogP contribution in [0, 0.1) is 5.92 Å². The highest BCUT2D eigenvalue weighted by atomic mass is 16.3. The molecule has 0 aliphatic carbocycles. The van der Waals surface area contributed by atoms with E-state index in [1.807, 2.05) is 6.07 Å². The van der Waals surface area contributed by atoms with Gasteiger partial charge >= 0.3 is 0 Å². The molecule has 5 rings (SSSR count). The summed E-state index contributed by atoms with van der Waals surface area (Å²) < 4.78 is 5.78. The highest BCUT2D eigenvalue weighted by Crippen LogP contribution is 2.31. The Balaban J connectivity index is 1.56. The molecule has 21 heavy (non-hydrogen) atoms. The predicted molar refractivity (Wildman–Crippen MR) is 84.7 cm³/mol. The number of fused-ring (bicyclic) bond motifs is 4. The largest absolute Gasteiger partial charge is 0.440 e. The van der Waals surface area contributed by atoms with Gasteiger partial charge in [-0.25, -0.2) is 4.98 Å². The van der Waals surface area contributed by atoms with Gasteiger partial charge in [0.15, 0.2) is 11.5 Å². The van der Waals surface area contributed by atoms with Crippen molar-refractivity contribution in [1.29, 1.82) is 0 Å². The number of benzene rings is 1. The van der Waals surface area contributed by atoms with Gasteiger partial charge < -0.3 is 14.6 Å². The maximum Gasteiger partial charge on any atom is 0.198 e. The number of hydrogen-bond donors (Lipinski definition) is 1. The van der Waals surface area contributed by atoms with Gasteiger partial charge in [-0.3, -0.25) is 0 Å². The molecule has 1 atom stereocenters. The summed E-state index contributed by atoms with van der Waals surface area (Å²) in [4.78, 5) is 7.17. The highest BCUT2D eigenvalue weighted by Gasteiger charge is 2.33. The number of rotatable bonds is 3. The Morgan fingerprint density at radius 1 is 1.29 bits per heavy atom. The third-order valence-corrected chi connectivity index (χ3v) is 4.91. The normalized spacial score (nSPS) is 28.4. The first-order valence-corrected chi connectivity index (χ1v) is 8.08. The summed E-state index contributed by atoms with van der Waals surface area (Å²) in [5, 5.41) is 3.72. The molecule has 4 nitrogen and oxygen atoms in total. The smallest absolute Gasteiger partial charge is 0.198 e. The molecule has 1 aromatic carbocycles. The van der Waals surface area contributed by atoms with Crippen molar-refractivity contribution >= 4 is 16.8 Å². The van der Waals surface area contributed by atoms with E-state index in [-0.39, 0.29) is 0 Å². The van der Waals surface area contributed by atoms with E-state index >= 15 is 0 Å². The number of aromatic nitrogens is 1. The molecular weight excluding hydrogens is 262 g/mol. The summed E-state index contributed by atoms with van der Waals surface area (Å²) in [5.41, 5.74) is 3.02. The average Bonchev–Trinajstić information content (AvgIpc) is 2.92. The van der Waals surface area contributed by atoms with Gasteiger partial charge in [-0.2, -0.15) is 0 Å². The first kappa shape index (κ1) is 13.1. The maximum atomic E-state index is 5.78. The summed E-state index contributed by atoms with van der Waals surface area (Å²) >= 11 is 0. The van der Waals surface area contributed by atoms with E-state index < -0.39 is 0 Å². The lowest BCUT2D eigenvalue weighted by Gasteiger charge is -2.45. The van der Waals surface area contributed by atoms with Gasteiger partial charge in [0.1, 0.15) is 5.52 Å². The third kappa shape index (κ3) is 2.42. The SMILES string of the molecule is CC(C)c1nc2cc(NC3CN4CCC3CC4)ccc2o1. The van der Waals surface area contributed by atoms with Crippen molar-refractivity contribution in [2.75, 3.05) is 25.0 Å². The van der Waals surface area contributed by atoms with Crippen LogP contribution in [0.5, 0.6) is 0 Å². The molecule has 1 aromatic heterocycles. The molecule has 3 saturated heterocycles. The quantitative estimate of drug-likeness (QED) is 0.937. The Hall–Kier alpha value is -1.55. The lowest BCUT2D eigenvalue weighted by molar-refractivity contribution is 0.0975. The Labute approximate surface area is 125 Å². The molecule has 4 heteroatoms. The van der Waals surface area contributed by atoms with Crippen LogP contribution in [0.25, 0.3) is 11.1 Å². The van der Waals surface area contributed by atoms with Crippen LogP contribution >= 0.6 is 0 Å². The van der Waals surface area contributed by atoms with Crippen LogP contribution in [0.3, 0.4) is 0 Å². The number of oxazole rings is 1. The van der Waals surface area contributed by atoms with Crippen LogP contribution < -0.4 is 5.32 Å². The number of anilines is 1. The van der Waals surface area contributed by atoms with Crippen molar-refractivity contribution < 1.29 is 4.42 Å². The van der Waals surface area contributed by atoms with Crippen molar-refractivity contribution in [1.82, 2.24) is 9.88 Å². The van der Waals surface area contributed by atoms with Gasteiger partial charge in [0.05, 0.1) is 0 Å². The zero-order chi connectivity index (χ0) is 14.4. The fourth-order valence-electron chi connectivity index (χ4n) is 3.62. The van der Waals surface area contributed by atoms with Crippen LogP contribution in [0.4, 0.5) is 5.69 Å². The topological polar surface area (TPSA) is 41.3 Å². The Morgan fingerprint density at radius 2 is 2.10 bits per heavy atom. The minimum atomic E-state index is 0.329. The summed E-state index contributed by atoms with van der Waals surface area (Å²) in [7, 11) is 0. The maximum absolute atomic E-state index is 5.78. The summed E-state index contributed by atoms with van der Waals surface area (Å²) in [6, 6.07) is 6.87. The van der Waals surface area contributed by atoms with Gasteiger partial charge in [-0.05, 0) is 50.0 Å². The fourth-order valence-corrected chi connectivity index (χ4v) is 3.62. The fraction of sp³-hybridized carbons (Fsp3) is 0.588. The molecule has 3 aliphatic rings. The van der Waals surface area contributed by atoms with Gasteiger partial charge in [-0.15, -0.1) is 0 Å². The van der Waals surface area contributed by atoms with Gasteiger partial charge in [-0.1, -0.05) is 13.8 Å². The zero-order valence-electron chi connectivity index (χ0n) is 12.8. The molecular formula is C17H23N3O. The number of hydrogen-bond acceptors (Lipinski definition) is 4. The summed E-state index contributed by atoms with van der Waals surface area (Å²) in [6.07, 6.45) is 2.67. The minimum Gasteiger partial charge on any atom is -0.440 e. The standard InChI is InChI=1S/C17H23N3O/c1-11(2)17-19-14-9-13(3-4-16(14)21-17)18-15-10-20-7-5-12(15)6-8-20/h3-4,9,11-12,15,18H,5-8,10H2,1-2H3. The molecule has 0 radical (unpaired) electrons. The van der Waals surface area contributed by atoms with Crippen LogP contribution in [0.15, 0.2) is 22.6 Å². The monoisotopic (exact) mass is 285 g/mol. The first-order chi connectivity index (χ1) is 10.2. The van der Waals surface area contributed by atoms with Crippen molar-refractivity contribution in [2.45, 2.75) is 38.6 Å². The Morgan fingerprint density at radius 3 is 2.76 bits per heavy atom. The second-order valence-electron chi connectivity index (χ2n) is 6.78.